The molecule has 1 heterocycles. The molecule has 0 aromatic carbocycles. The van der Waals surface area contributed by atoms with E-state index in [2.05, 4.69) is 4.98 Å². The largest absolute Gasteiger partial charge is 0.391 e. The first-order valence-corrected chi connectivity index (χ1v) is 4.30. The van der Waals surface area contributed by atoms with E-state index in [1.807, 2.05) is 6.92 Å². The lowest BCUT2D eigenvalue weighted by molar-refractivity contribution is 0.141. The SMILES string of the molecule is CC[C@H](O)[C@H](N)c1cccnc1N. The van der Waals surface area contributed by atoms with Gasteiger partial charge in [-0.05, 0) is 12.5 Å². The Hall–Kier alpha value is -1.13. The Kier molecular flexibility index (Phi) is 3.22. The monoisotopic (exact) mass is 181 g/mol. The van der Waals surface area contributed by atoms with E-state index in [9.17, 15) is 5.11 Å². The van der Waals surface area contributed by atoms with Crippen LogP contribution >= 0.6 is 0 Å². The molecule has 1 aromatic heterocycles. The molecule has 2 atom stereocenters. The van der Waals surface area contributed by atoms with Crippen LogP contribution < -0.4 is 11.5 Å². The quantitative estimate of drug-likeness (QED) is 0.631. The van der Waals surface area contributed by atoms with E-state index in [1.165, 1.54) is 0 Å². The number of hydrogen-bond acceptors (Lipinski definition) is 4. The molecule has 72 valence electrons. The minimum atomic E-state index is -0.563. The number of pyridine rings is 1. The zero-order chi connectivity index (χ0) is 9.84. The normalized spacial score (nSPS) is 15.3. The van der Waals surface area contributed by atoms with E-state index >= 15 is 0 Å². The predicted molar refractivity (Wildman–Crippen MR) is 51.9 cm³/mol. The molecule has 0 spiro atoms. The first kappa shape index (κ1) is 9.95. The summed E-state index contributed by atoms with van der Waals surface area (Å²) in [5.74, 6) is 0.391. The van der Waals surface area contributed by atoms with Gasteiger partial charge in [0.2, 0.25) is 0 Å². The first-order chi connectivity index (χ1) is 6.16. The van der Waals surface area contributed by atoms with Crippen LogP contribution in [0.3, 0.4) is 0 Å². The van der Waals surface area contributed by atoms with Crippen molar-refractivity contribution < 1.29 is 5.11 Å². The standard InChI is InChI=1S/C9H15N3O/c1-2-7(13)8(10)6-4-3-5-12-9(6)11/h3-5,7-8,13H,2,10H2,1H3,(H2,11,12)/t7-,8+/m0/s1. The average molecular weight is 181 g/mol. The molecular formula is C9H15N3O. The lowest BCUT2D eigenvalue weighted by Crippen LogP contribution is -2.26. The Morgan fingerprint density at radius 2 is 2.31 bits per heavy atom. The lowest BCUT2D eigenvalue weighted by atomic mass is 10.0. The second-order valence-corrected chi connectivity index (χ2v) is 2.98. The summed E-state index contributed by atoms with van der Waals surface area (Å²) in [6, 6.07) is 3.10. The molecule has 0 fully saturated rings. The summed E-state index contributed by atoms with van der Waals surface area (Å²) >= 11 is 0. The van der Waals surface area contributed by atoms with Gasteiger partial charge in [0.05, 0.1) is 12.1 Å². The number of aliphatic hydroxyl groups is 1. The molecule has 0 aliphatic carbocycles. The summed E-state index contributed by atoms with van der Waals surface area (Å²) in [5.41, 5.74) is 12.1. The van der Waals surface area contributed by atoms with Gasteiger partial charge >= 0.3 is 0 Å². The Labute approximate surface area is 77.6 Å². The van der Waals surface area contributed by atoms with E-state index in [0.717, 1.165) is 0 Å². The van der Waals surface area contributed by atoms with Gasteiger partial charge in [-0.15, -0.1) is 0 Å². The van der Waals surface area contributed by atoms with Crippen LogP contribution in [0.1, 0.15) is 24.9 Å². The van der Waals surface area contributed by atoms with Crippen molar-refractivity contribution in [2.75, 3.05) is 5.73 Å². The minimum Gasteiger partial charge on any atom is -0.391 e. The molecule has 1 rings (SSSR count). The van der Waals surface area contributed by atoms with E-state index < -0.39 is 12.1 Å². The van der Waals surface area contributed by atoms with Crippen molar-refractivity contribution in [2.24, 2.45) is 5.73 Å². The van der Waals surface area contributed by atoms with Crippen molar-refractivity contribution in [3.05, 3.63) is 23.9 Å². The average Bonchev–Trinajstić information content (AvgIpc) is 2.16. The molecule has 1 aromatic rings. The number of anilines is 1. The maximum Gasteiger partial charge on any atom is 0.128 e. The molecule has 0 saturated heterocycles. The number of rotatable bonds is 3. The summed E-state index contributed by atoms with van der Waals surface area (Å²) < 4.78 is 0. The summed E-state index contributed by atoms with van der Waals surface area (Å²) in [4.78, 5) is 3.90. The van der Waals surface area contributed by atoms with Crippen molar-refractivity contribution in [3.8, 4) is 0 Å². The minimum absolute atomic E-state index is 0.391. The fourth-order valence-corrected chi connectivity index (χ4v) is 1.17. The van der Waals surface area contributed by atoms with Crippen LogP contribution in [-0.4, -0.2) is 16.2 Å². The Balaban J connectivity index is 2.88. The lowest BCUT2D eigenvalue weighted by Gasteiger charge is -2.18. The highest BCUT2D eigenvalue weighted by Crippen LogP contribution is 2.19. The molecule has 4 heteroatoms. The summed E-state index contributed by atoms with van der Waals surface area (Å²) in [7, 11) is 0. The van der Waals surface area contributed by atoms with E-state index in [-0.39, 0.29) is 0 Å². The molecular weight excluding hydrogens is 166 g/mol. The zero-order valence-electron chi connectivity index (χ0n) is 7.64. The van der Waals surface area contributed by atoms with Crippen LogP contribution in [0.15, 0.2) is 18.3 Å². The van der Waals surface area contributed by atoms with Gasteiger partial charge in [0.15, 0.2) is 0 Å². The van der Waals surface area contributed by atoms with Crippen LogP contribution in [0, 0.1) is 0 Å². The highest BCUT2D eigenvalue weighted by molar-refractivity contribution is 5.41. The van der Waals surface area contributed by atoms with Gasteiger partial charge < -0.3 is 16.6 Å². The molecule has 0 unspecified atom stereocenters. The third kappa shape index (κ3) is 2.17. The van der Waals surface area contributed by atoms with Crippen molar-refractivity contribution in [3.63, 3.8) is 0 Å². The fraction of sp³-hybridized carbons (Fsp3) is 0.444. The second-order valence-electron chi connectivity index (χ2n) is 2.98. The van der Waals surface area contributed by atoms with Crippen molar-refractivity contribution in [2.45, 2.75) is 25.5 Å². The molecule has 0 aliphatic rings. The number of nitrogens with two attached hydrogens (primary N) is 2. The fourth-order valence-electron chi connectivity index (χ4n) is 1.17. The maximum absolute atomic E-state index is 9.50. The molecule has 0 bridgehead atoms. The molecule has 4 nitrogen and oxygen atoms in total. The van der Waals surface area contributed by atoms with Crippen LogP contribution in [0.4, 0.5) is 5.82 Å². The van der Waals surface area contributed by atoms with Crippen molar-refractivity contribution in [1.82, 2.24) is 4.98 Å². The zero-order valence-corrected chi connectivity index (χ0v) is 7.64. The molecule has 0 saturated carbocycles. The smallest absolute Gasteiger partial charge is 0.128 e. The van der Waals surface area contributed by atoms with Crippen molar-refractivity contribution >= 4 is 5.82 Å². The highest BCUT2D eigenvalue weighted by atomic mass is 16.3. The first-order valence-electron chi connectivity index (χ1n) is 4.30. The van der Waals surface area contributed by atoms with Gasteiger partial charge in [-0.3, -0.25) is 0 Å². The number of aliphatic hydroxyl groups excluding tert-OH is 1. The topological polar surface area (TPSA) is 85.2 Å². The van der Waals surface area contributed by atoms with E-state index in [4.69, 9.17) is 11.5 Å². The molecule has 0 aliphatic heterocycles. The van der Waals surface area contributed by atoms with E-state index in [1.54, 1.807) is 18.3 Å². The van der Waals surface area contributed by atoms with Crippen molar-refractivity contribution in [1.29, 1.82) is 0 Å². The second kappa shape index (κ2) is 4.20. The van der Waals surface area contributed by atoms with Gasteiger partial charge in [-0.1, -0.05) is 13.0 Å². The van der Waals surface area contributed by atoms with Crippen LogP contribution in [0.2, 0.25) is 0 Å². The third-order valence-electron chi connectivity index (χ3n) is 2.06. The molecule has 13 heavy (non-hydrogen) atoms. The summed E-state index contributed by atoms with van der Waals surface area (Å²) in [6.45, 7) is 1.87. The number of nitrogen functional groups attached to an aromatic ring is 1. The Morgan fingerprint density at radius 3 is 2.85 bits per heavy atom. The maximum atomic E-state index is 9.50. The van der Waals surface area contributed by atoms with Gasteiger partial charge in [0.25, 0.3) is 0 Å². The van der Waals surface area contributed by atoms with Gasteiger partial charge in [-0.25, -0.2) is 4.98 Å². The predicted octanol–water partition coefficient (Wildman–Crippen LogP) is 0.435. The highest BCUT2D eigenvalue weighted by Gasteiger charge is 2.17. The van der Waals surface area contributed by atoms with Gasteiger partial charge in [0, 0.05) is 11.8 Å². The molecule has 5 N–H and O–H groups in total. The number of aromatic nitrogens is 1. The Bertz CT molecular complexity index is 277. The summed E-state index contributed by atoms with van der Waals surface area (Å²) in [6.07, 6.45) is 1.64. The third-order valence-corrected chi connectivity index (χ3v) is 2.06. The molecule has 0 radical (unpaired) electrons. The van der Waals surface area contributed by atoms with Gasteiger partial charge in [0.1, 0.15) is 5.82 Å². The van der Waals surface area contributed by atoms with Gasteiger partial charge in [-0.2, -0.15) is 0 Å². The van der Waals surface area contributed by atoms with Crippen LogP contribution in [0.5, 0.6) is 0 Å². The van der Waals surface area contributed by atoms with Crippen LogP contribution in [-0.2, 0) is 0 Å². The molecule has 0 amide bonds. The van der Waals surface area contributed by atoms with E-state index in [0.29, 0.717) is 17.8 Å². The van der Waals surface area contributed by atoms with Crippen LogP contribution in [0.25, 0.3) is 0 Å². The Morgan fingerprint density at radius 1 is 1.62 bits per heavy atom. The number of nitrogens with zero attached hydrogens (tertiary/aromatic N) is 1. The summed E-state index contributed by atoms with van der Waals surface area (Å²) in [5, 5.41) is 9.50. The number of hydrogen-bond donors (Lipinski definition) is 3.